The highest BCUT2D eigenvalue weighted by atomic mass is 16.3. The zero-order valence-electron chi connectivity index (χ0n) is 8.57. The summed E-state index contributed by atoms with van der Waals surface area (Å²) in [6.07, 6.45) is 2.52. The number of aliphatic hydroxyl groups is 1. The molecule has 3 nitrogen and oxygen atoms in total. The normalized spacial score (nSPS) is 9.67. The fourth-order valence-electron chi connectivity index (χ4n) is 1.15. The number of nitrogens with one attached hydrogen (secondary N) is 1. The predicted molar refractivity (Wildman–Crippen MR) is 59.5 cm³/mol. The molecule has 0 aliphatic rings. The minimum absolute atomic E-state index is 0.00162. The monoisotopic (exact) mass is 205 g/mol. The molecule has 1 amide bonds. The van der Waals surface area contributed by atoms with Crippen LogP contribution in [0, 0.1) is 0 Å². The van der Waals surface area contributed by atoms with Gasteiger partial charge in [0.05, 0.1) is 6.61 Å². The van der Waals surface area contributed by atoms with E-state index in [0.29, 0.717) is 12.1 Å². The number of rotatable bonds is 5. The van der Waals surface area contributed by atoms with Crippen LogP contribution < -0.4 is 5.32 Å². The summed E-state index contributed by atoms with van der Waals surface area (Å²) in [4.78, 5) is 11.5. The van der Waals surface area contributed by atoms with Crippen molar-refractivity contribution in [2.75, 3.05) is 6.54 Å². The second kappa shape index (κ2) is 5.98. The maximum Gasteiger partial charge on any atom is 0.251 e. The van der Waals surface area contributed by atoms with E-state index in [2.05, 4.69) is 11.9 Å². The van der Waals surface area contributed by atoms with E-state index in [-0.39, 0.29) is 12.5 Å². The molecule has 0 saturated heterocycles. The lowest BCUT2D eigenvalue weighted by atomic mass is 10.1. The minimum Gasteiger partial charge on any atom is -0.392 e. The van der Waals surface area contributed by atoms with Gasteiger partial charge in [0.1, 0.15) is 0 Å². The number of carbonyl (C=O) groups excluding carboxylic acids is 1. The Hall–Kier alpha value is -1.61. The molecule has 0 heterocycles. The molecule has 0 aliphatic heterocycles. The molecule has 0 unspecified atom stereocenters. The van der Waals surface area contributed by atoms with Crippen molar-refractivity contribution in [2.45, 2.75) is 13.0 Å². The molecule has 0 bridgehead atoms. The Morgan fingerprint density at radius 3 is 2.60 bits per heavy atom. The zero-order chi connectivity index (χ0) is 11.1. The van der Waals surface area contributed by atoms with E-state index >= 15 is 0 Å². The highest BCUT2D eigenvalue weighted by Crippen LogP contribution is 2.04. The molecule has 1 rings (SSSR count). The summed E-state index contributed by atoms with van der Waals surface area (Å²) in [7, 11) is 0. The van der Waals surface area contributed by atoms with Crippen molar-refractivity contribution in [2.24, 2.45) is 0 Å². The largest absolute Gasteiger partial charge is 0.392 e. The number of hydrogen-bond donors (Lipinski definition) is 2. The van der Waals surface area contributed by atoms with Crippen LogP contribution in [0.2, 0.25) is 0 Å². The topological polar surface area (TPSA) is 49.3 Å². The molecule has 0 radical (unpaired) electrons. The van der Waals surface area contributed by atoms with E-state index in [0.717, 1.165) is 12.0 Å². The molecular weight excluding hydrogens is 190 g/mol. The van der Waals surface area contributed by atoms with Crippen LogP contribution in [0.5, 0.6) is 0 Å². The molecular formula is C12H15NO2. The molecule has 0 aromatic heterocycles. The Morgan fingerprint density at radius 2 is 2.07 bits per heavy atom. The first kappa shape index (κ1) is 11.5. The summed E-state index contributed by atoms with van der Waals surface area (Å²) in [5.74, 6) is -0.0960. The quantitative estimate of drug-likeness (QED) is 0.565. The van der Waals surface area contributed by atoms with Gasteiger partial charge in [0.15, 0.2) is 0 Å². The van der Waals surface area contributed by atoms with Crippen LogP contribution in [0.4, 0.5) is 0 Å². The van der Waals surface area contributed by atoms with Crippen molar-refractivity contribution < 1.29 is 9.90 Å². The first-order valence-electron chi connectivity index (χ1n) is 4.87. The average molecular weight is 205 g/mol. The molecule has 0 atom stereocenters. The Labute approximate surface area is 89.4 Å². The van der Waals surface area contributed by atoms with Crippen LogP contribution in [-0.4, -0.2) is 17.6 Å². The summed E-state index contributed by atoms with van der Waals surface area (Å²) in [6, 6.07) is 6.88. The maximum absolute atomic E-state index is 11.5. The van der Waals surface area contributed by atoms with Crippen LogP contribution in [0.15, 0.2) is 36.9 Å². The minimum atomic E-state index is -0.0960. The van der Waals surface area contributed by atoms with E-state index < -0.39 is 0 Å². The highest BCUT2D eigenvalue weighted by Gasteiger charge is 2.03. The molecule has 0 aliphatic carbocycles. The zero-order valence-corrected chi connectivity index (χ0v) is 8.57. The van der Waals surface area contributed by atoms with Gasteiger partial charge in [0, 0.05) is 12.1 Å². The lowest BCUT2D eigenvalue weighted by Gasteiger charge is -2.03. The van der Waals surface area contributed by atoms with Crippen molar-refractivity contribution in [3.05, 3.63) is 48.0 Å². The second-order valence-corrected chi connectivity index (χ2v) is 3.19. The smallest absolute Gasteiger partial charge is 0.251 e. The van der Waals surface area contributed by atoms with Crippen LogP contribution >= 0.6 is 0 Å². The van der Waals surface area contributed by atoms with E-state index in [1.165, 1.54) is 0 Å². The molecule has 15 heavy (non-hydrogen) atoms. The predicted octanol–water partition coefficient (Wildman–Crippen LogP) is 1.48. The highest BCUT2D eigenvalue weighted by molar-refractivity contribution is 5.94. The lowest BCUT2D eigenvalue weighted by Crippen LogP contribution is -2.23. The summed E-state index contributed by atoms with van der Waals surface area (Å²) in [5, 5.41) is 11.6. The summed E-state index contributed by atoms with van der Waals surface area (Å²) in [6.45, 7) is 4.17. The van der Waals surface area contributed by atoms with Crippen molar-refractivity contribution in [3.63, 3.8) is 0 Å². The van der Waals surface area contributed by atoms with E-state index in [9.17, 15) is 4.79 Å². The van der Waals surface area contributed by atoms with Crippen molar-refractivity contribution in [1.29, 1.82) is 0 Å². The molecule has 2 N–H and O–H groups in total. The van der Waals surface area contributed by atoms with Gasteiger partial charge in [0.25, 0.3) is 5.91 Å². The number of carbonyl (C=O) groups is 1. The van der Waals surface area contributed by atoms with Crippen molar-refractivity contribution >= 4 is 5.91 Å². The van der Waals surface area contributed by atoms with Gasteiger partial charge in [-0.2, -0.15) is 0 Å². The van der Waals surface area contributed by atoms with E-state index in [1.807, 2.05) is 0 Å². The number of hydrogen-bond acceptors (Lipinski definition) is 2. The van der Waals surface area contributed by atoms with Crippen molar-refractivity contribution in [1.82, 2.24) is 5.32 Å². The number of aliphatic hydroxyl groups excluding tert-OH is 1. The fraction of sp³-hybridized carbons (Fsp3) is 0.250. The molecule has 0 saturated carbocycles. The van der Waals surface area contributed by atoms with Crippen molar-refractivity contribution in [3.8, 4) is 0 Å². The number of benzene rings is 1. The SMILES string of the molecule is C=CCCNC(=O)c1ccc(CO)cc1. The standard InChI is InChI=1S/C12H15NO2/c1-2-3-8-13-12(15)11-6-4-10(9-14)5-7-11/h2,4-7,14H,1,3,8-9H2,(H,13,15). The van der Waals surface area contributed by atoms with Gasteiger partial charge in [-0.1, -0.05) is 18.2 Å². The third-order valence-electron chi connectivity index (χ3n) is 2.03. The Balaban J connectivity index is 2.54. The molecule has 80 valence electrons. The van der Waals surface area contributed by atoms with Crippen LogP contribution in [0.1, 0.15) is 22.3 Å². The van der Waals surface area contributed by atoms with Gasteiger partial charge in [-0.25, -0.2) is 0 Å². The van der Waals surface area contributed by atoms with Gasteiger partial charge in [0.2, 0.25) is 0 Å². The summed E-state index contributed by atoms with van der Waals surface area (Å²) >= 11 is 0. The first-order chi connectivity index (χ1) is 7.27. The van der Waals surface area contributed by atoms with Crippen LogP contribution in [0.25, 0.3) is 0 Å². The Bertz CT molecular complexity index is 330. The van der Waals surface area contributed by atoms with Gasteiger partial charge in [-0.15, -0.1) is 6.58 Å². The maximum atomic E-state index is 11.5. The second-order valence-electron chi connectivity index (χ2n) is 3.19. The summed E-state index contributed by atoms with van der Waals surface area (Å²) < 4.78 is 0. The van der Waals surface area contributed by atoms with E-state index in [1.54, 1.807) is 30.3 Å². The van der Waals surface area contributed by atoms with E-state index in [4.69, 9.17) is 5.11 Å². The molecule has 1 aromatic rings. The fourth-order valence-corrected chi connectivity index (χ4v) is 1.15. The molecule has 3 heteroatoms. The lowest BCUT2D eigenvalue weighted by molar-refractivity contribution is 0.0954. The van der Waals surface area contributed by atoms with Gasteiger partial charge < -0.3 is 10.4 Å². The van der Waals surface area contributed by atoms with Gasteiger partial charge in [-0.05, 0) is 24.1 Å². The molecule has 0 spiro atoms. The van der Waals surface area contributed by atoms with Gasteiger partial charge in [-0.3, -0.25) is 4.79 Å². The molecule has 1 aromatic carbocycles. The Morgan fingerprint density at radius 1 is 1.40 bits per heavy atom. The first-order valence-corrected chi connectivity index (χ1v) is 4.87. The van der Waals surface area contributed by atoms with Crippen LogP contribution in [-0.2, 0) is 6.61 Å². The number of amides is 1. The van der Waals surface area contributed by atoms with Gasteiger partial charge >= 0.3 is 0 Å². The third-order valence-corrected chi connectivity index (χ3v) is 2.03. The molecule has 0 fully saturated rings. The third kappa shape index (κ3) is 3.56. The Kier molecular flexibility index (Phi) is 4.57. The van der Waals surface area contributed by atoms with Crippen LogP contribution in [0.3, 0.4) is 0 Å². The average Bonchev–Trinajstić information content (AvgIpc) is 2.29. The summed E-state index contributed by atoms with van der Waals surface area (Å²) in [5.41, 5.74) is 1.41.